The maximum Gasteiger partial charge on any atom is 0.265 e. The molecule has 1 heterocycles. The van der Waals surface area contributed by atoms with Crippen LogP contribution in [0.3, 0.4) is 0 Å². The molecule has 1 fully saturated rings. The monoisotopic (exact) mass is 400 g/mol. The number of nitrogens with zero attached hydrogens (tertiary/aromatic N) is 2. The van der Waals surface area contributed by atoms with E-state index in [-0.39, 0.29) is 12.5 Å². The highest BCUT2D eigenvalue weighted by molar-refractivity contribution is 8.26. The van der Waals surface area contributed by atoms with Crippen molar-refractivity contribution in [3.63, 3.8) is 0 Å². The number of carbonyl (C=O) groups excluding carboxylic acids is 1. The number of carbonyl (C=O) groups is 1. The molecule has 0 atom stereocenters. The summed E-state index contributed by atoms with van der Waals surface area (Å²) in [5.41, 5.74) is 2.15. The van der Waals surface area contributed by atoms with Gasteiger partial charge in [-0.1, -0.05) is 59.8 Å². The van der Waals surface area contributed by atoms with Gasteiger partial charge in [0.05, 0.1) is 21.6 Å². The van der Waals surface area contributed by atoms with Crippen molar-refractivity contribution in [2.75, 3.05) is 7.05 Å². The van der Waals surface area contributed by atoms with E-state index < -0.39 is 0 Å². The first kappa shape index (κ1) is 18.5. The van der Waals surface area contributed by atoms with E-state index in [9.17, 15) is 4.79 Å². The summed E-state index contributed by atoms with van der Waals surface area (Å²) in [5.74, 6) is 0.393. The van der Waals surface area contributed by atoms with Crippen LogP contribution >= 0.6 is 35.6 Å². The fourth-order valence-corrected chi connectivity index (χ4v) is 3.75. The van der Waals surface area contributed by atoms with E-state index in [0.717, 1.165) is 11.1 Å². The second kappa shape index (κ2) is 7.92. The minimum Gasteiger partial charge on any atom is -0.487 e. The fraction of sp³-hybridized carbons (Fsp3) is 0.105. The molecule has 2 aromatic carbocycles. The van der Waals surface area contributed by atoms with E-state index in [4.69, 9.17) is 33.8 Å². The molecule has 1 aliphatic heterocycles. The summed E-state index contributed by atoms with van der Waals surface area (Å²) in [7, 11) is 1.65. The molecular weight excluding hydrogens is 388 g/mol. The average Bonchev–Trinajstić information content (AvgIpc) is 2.88. The van der Waals surface area contributed by atoms with Crippen molar-refractivity contribution in [1.29, 1.82) is 5.26 Å². The highest BCUT2D eigenvalue weighted by atomic mass is 35.5. The van der Waals surface area contributed by atoms with E-state index >= 15 is 0 Å². The summed E-state index contributed by atoms with van der Waals surface area (Å²) in [4.78, 5) is 14.1. The molecule has 0 radical (unpaired) electrons. The standard InChI is InChI=1S/C19H13ClN2O2S2/c1-22-18(23)17(26-19(22)25)9-12-6-7-16(15(20)8-12)24-11-14-5-3-2-4-13(14)10-21/h2-9H,11H2,1H3/b17-9+. The van der Waals surface area contributed by atoms with Gasteiger partial charge in [-0.05, 0) is 29.8 Å². The molecule has 0 aromatic heterocycles. The van der Waals surface area contributed by atoms with Crippen LogP contribution < -0.4 is 4.74 Å². The van der Waals surface area contributed by atoms with E-state index in [2.05, 4.69) is 6.07 Å². The molecule has 0 saturated carbocycles. The molecule has 4 nitrogen and oxygen atoms in total. The van der Waals surface area contributed by atoms with Crippen molar-refractivity contribution in [3.05, 3.63) is 69.1 Å². The number of nitriles is 1. The molecule has 0 bridgehead atoms. The second-order valence-electron chi connectivity index (χ2n) is 5.49. The molecule has 3 rings (SSSR count). The quantitative estimate of drug-likeness (QED) is 0.553. The van der Waals surface area contributed by atoms with Gasteiger partial charge in [0.15, 0.2) is 0 Å². The largest absolute Gasteiger partial charge is 0.487 e. The summed E-state index contributed by atoms with van der Waals surface area (Å²) in [6.45, 7) is 0.247. The lowest BCUT2D eigenvalue weighted by atomic mass is 10.1. The Balaban J connectivity index is 1.75. The molecule has 1 aliphatic rings. The maximum absolute atomic E-state index is 12.1. The van der Waals surface area contributed by atoms with Crippen LogP contribution in [0.2, 0.25) is 5.02 Å². The highest BCUT2D eigenvalue weighted by Gasteiger charge is 2.28. The number of thiocarbonyl (C=S) groups is 1. The number of hydrogen-bond acceptors (Lipinski definition) is 5. The Bertz CT molecular complexity index is 966. The van der Waals surface area contributed by atoms with Crippen LogP contribution in [-0.2, 0) is 11.4 Å². The van der Waals surface area contributed by atoms with Crippen molar-refractivity contribution in [2.24, 2.45) is 0 Å². The SMILES string of the molecule is CN1C(=O)/C(=C\c2ccc(OCc3ccccc3C#N)c(Cl)c2)SC1=S. The molecule has 130 valence electrons. The predicted molar refractivity (Wildman–Crippen MR) is 108 cm³/mol. The Morgan fingerprint density at radius 3 is 2.77 bits per heavy atom. The molecule has 26 heavy (non-hydrogen) atoms. The topological polar surface area (TPSA) is 53.3 Å². The average molecular weight is 401 g/mol. The van der Waals surface area contributed by atoms with Gasteiger partial charge in [0, 0.05) is 12.6 Å². The first-order valence-corrected chi connectivity index (χ1v) is 9.22. The first-order valence-electron chi connectivity index (χ1n) is 7.61. The lowest BCUT2D eigenvalue weighted by molar-refractivity contribution is -0.121. The van der Waals surface area contributed by atoms with Crippen LogP contribution in [0, 0.1) is 11.3 Å². The zero-order valence-electron chi connectivity index (χ0n) is 13.7. The maximum atomic E-state index is 12.1. The highest BCUT2D eigenvalue weighted by Crippen LogP contribution is 2.33. The number of ether oxygens (including phenoxy) is 1. The summed E-state index contributed by atoms with van der Waals surface area (Å²) >= 11 is 12.7. The molecule has 0 spiro atoms. The third kappa shape index (κ3) is 3.91. The van der Waals surface area contributed by atoms with Gasteiger partial charge in [0.1, 0.15) is 16.7 Å². The van der Waals surface area contributed by atoms with Crippen molar-refractivity contribution in [1.82, 2.24) is 4.90 Å². The van der Waals surface area contributed by atoms with Crippen molar-refractivity contribution >= 4 is 51.9 Å². The molecule has 0 aliphatic carbocycles. The number of thioether (sulfide) groups is 1. The molecule has 0 N–H and O–H groups in total. The van der Waals surface area contributed by atoms with Crippen molar-refractivity contribution < 1.29 is 9.53 Å². The van der Waals surface area contributed by atoms with Gasteiger partial charge in [-0.3, -0.25) is 9.69 Å². The molecular formula is C19H13ClN2O2S2. The summed E-state index contributed by atoms with van der Waals surface area (Å²) in [5, 5.41) is 9.55. The third-order valence-electron chi connectivity index (χ3n) is 3.76. The number of hydrogen-bond donors (Lipinski definition) is 0. The number of rotatable bonds is 4. The Morgan fingerprint density at radius 1 is 1.35 bits per heavy atom. The van der Waals surface area contributed by atoms with Crippen LogP contribution in [-0.4, -0.2) is 22.2 Å². The van der Waals surface area contributed by atoms with Gasteiger partial charge in [0.25, 0.3) is 5.91 Å². The van der Waals surface area contributed by atoms with Gasteiger partial charge < -0.3 is 4.74 Å². The van der Waals surface area contributed by atoms with Crippen molar-refractivity contribution in [2.45, 2.75) is 6.61 Å². The summed E-state index contributed by atoms with van der Waals surface area (Å²) in [6.07, 6.45) is 1.75. The number of likely N-dealkylation sites (N-methyl/N-ethyl adjacent to an activating group) is 1. The summed E-state index contributed by atoms with van der Waals surface area (Å²) in [6, 6.07) is 14.7. The molecule has 2 aromatic rings. The molecule has 7 heteroatoms. The number of halogens is 1. The van der Waals surface area contributed by atoms with E-state index in [1.165, 1.54) is 16.7 Å². The van der Waals surface area contributed by atoms with Gasteiger partial charge in [-0.2, -0.15) is 5.26 Å². The summed E-state index contributed by atoms with van der Waals surface area (Å²) < 4.78 is 6.27. The Kier molecular flexibility index (Phi) is 5.62. The Hall–Kier alpha value is -2.33. The van der Waals surface area contributed by atoms with Crippen LogP contribution in [0.25, 0.3) is 6.08 Å². The smallest absolute Gasteiger partial charge is 0.265 e. The molecule has 1 saturated heterocycles. The van der Waals surface area contributed by atoms with Crippen LogP contribution in [0.1, 0.15) is 16.7 Å². The minimum absolute atomic E-state index is 0.121. The molecule has 0 unspecified atom stereocenters. The van der Waals surface area contributed by atoms with Gasteiger partial charge in [-0.25, -0.2) is 0 Å². The van der Waals surface area contributed by atoms with E-state index in [1.807, 2.05) is 24.3 Å². The second-order valence-corrected chi connectivity index (χ2v) is 7.57. The van der Waals surface area contributed by atoms with Gasteiger partial charge in [0.2, 0.25) is 0 Å². The first-order chi connectivity index (χ1) is 12.5. The lowest BCUT2D eigenvalue weighted by Crippen LogP contribution is -2.22. The van der Waals surface area contributed by atoms with E-state index in [1.54, 1.807) is 31.3 Å². The van der Waals surface area contributed by atoms with E-state index in [0.29, 0.717) is 25.6 Å². The van der Waals surface area contributed by atoms with Crippen LogP contribution in [0.15, 0.2) is 47.4 Å². The van der Waals surface area contributed by atoms with Gasteiger partial charge >= 0.3 is 0 Å². The zero-order valence-corrected chi connectivity index (χ0v) is 16.1. The van der Waals surface area contributed by atoms with Crippen LogP contribution in [0.4, 0.5) is 0 Å². The zero-order chi connectivity index (χ0) is 18.7. The Morgan fingerprint density at radius 2 is 2.12 bits per heavy atom. The normalized spacial score (nSPS) is 15.4. The predicted octanol–water partition coefficient (Wildman–Crippen LogP) is 4.62. The van der Waals surface area contributed by atoms with Gasteiger partial charge in [-0.15, -0.1) is 0 Å². The van der Waals surface area contributed by atoms with Crippen molar-refractivity contribution in [3.8, 4) is 11.8 Å². The molecule has 1 amide bonds. The number of benzene rings is 2. The van der Waals surface area contributed by atoms with Crippen LogP contribution in [0.5, 0.6) is 5.75 Å². The number of amides is 1. The fourth-order valence-electron chi connectivity index (χ4n) is 2.33. The lowest BCUT2D eigenvalue weighted by Gasteiger charge is -2.10. The third-order valence-corrected chi connectivity index (χ3v) is 5.54. The Labute approximate surface area is 166 Å². The minimum atomic E-state index is -0.121.